The first-order chi connectivity index (χ1) is 7.86. The van der Waals surface area contributed by atoms with Gasteiger partial charge in [0, 0.05) is 10.1 Å². The summed E-state index contributed by atoms with van der Waals surface area (Å²) in [5, 5.41) is 0. The molecule has 0 N–H and O–H groups in total. The van der Waals surface area contributed by atoms with Crippen LogP contribution in [0.4, 0.5) is 0 Å². The standard InChI is InChI=1S/C13H13BrO2/c14-12-10-4-2-1-3-9(10)5-6-11(12)13-15-7-8-16-13/h1-4,13H,5-8H2. The number of benzene rings is 1. The maximum absolute atomic E-state index is 5.57. The zero-order valence-electron chi connectivity index (χ0n) is 8.91. The van der Waals surface area contributed by atoms with Gasteiger partial charge in [-0.05, 0) is 24.0 Å². The Kier molecular flexibility index (Phi) is 2.84. The maximum Gasteiger partial charge on any atom is 0.181 e. The summed E-state index contributed by atoms with van der Waals surface area (Å²) in [5.41, 5.74) is 3.93. The van der Waals surface area contributed by atoms with E-state index in [2.05, 4.69) is 40.2 Å². The molecule has 1 aromatic carbocycles. The molecule has 3 heteroatoms. The molecule has 16 heavy (non-hydrogen) atoms. The second-order valence-electron chi connectivity index (χ2n) is 4.07. The lowest BCUT2D eigenvalue weighted by Gasteiger charge is -2.23. The number of hydrogen-bond donors (Lipinski definition) is 0. The number of aryl methyl sites for hydroxylation is 1. The van der Waals surface area contributed by atoms with Gasteiger partial charge in [-0.3, -0.25) is 0 Å². The summed E-state index contributed by atoms with van der Waals surface area (Å²) in [6, 6.07) is 8.49. The van der Waals surface area contributed by atoms with Crippen LogP contribution in [0.2, 0.25) is 0 Å². The van der Waals surface area contributed by atoms with E-state index in [1.165, 1.54) is 16.7 Å². The van der Waals surface area contributed by atoms with Gasteiger partial charge >= 0.3 is 0 Å². The quantitative estimate of drug-likeness (QED) is 0.787. The van der Waals surface area contributed by atoms with Crippen molar-refractivity contribution in [3.8, 4) is 0 Å². The second kappa shape index (κ2) is 4.32. The Hall–Kier alpha value is -0.640. The van der Waals surface area contributed by atoms with E-state index in [1.807, 2.05) is 0 Å². The fourth-order valence-electron chi connectivity index (χ4n) is 2.29. The van der Waals surface area contributed by atoms with Gasteiger partial charge in [-0.15, -0.1) is 0 Å². The third kappa shape index (κ3) is 1.73. The van der Waals surface area contributed by atoms with Crippen LogP contribution in [0.3, 0.4) is 0 Å². The van der Waals surface area contributed by atoms with Gasteiger partial charge in [0.1, 0.15) is 0 Å². The molecule has 0 amide bonds. The summed E-state index contributed by atoms with van der Waals surface area (Å²) in [7, 11) is 0. The van der Waals surface area contributed by atoms with Crippen LogP contribution in [0.25, 0.3) is 4.48 Å². The van der Waals surface area contributed by atoms with E-state index in [-0.39, 0.29) is 6.29 Å². The molecule has 0 radical (unpaired) electrons. The number of halogens is 1. The van der Waals surface area contributed by atoms with Crippen molar-refractivity contribution in [2.75, 3.05) is 13.2 Å². The lowest BCUT2D eigenvalue weighted by atomic mass is 9.92. The van der Waals surface area contributed by atoms with Gasteiger partial charge in [0.15, 0.2) is 6.29 Å². The molecule has 1 aliphatic heterocycles. The van der Waals surface area contributed by atoms with Crippen molar-refractivity contribution in [1.29, 1.82) is 0 Å². The van der Waals surface area contributed by atoms with Gasteiger partial charge in [0.05, 0.1) is 13.2 Å². The molecule has 2 aliphatic rings. The lowest BCUT2D eigenvalue weighted by molar-refractivity contribution is -0.0128. The lowest BCUT2D eigenvalue weighted by Crippen LogP contribution is -2.16. The molecule has 0 unspecified atom stereocenters. The van der Waals surface area contributed by atoms with E-state index in [0.29, 0.717) is 13.2 Å². The monoisotopic (exact) mass is 280 g/mol. The predicted octanol–water partition coefficient (Wildman–Crippen LogP) is 3.11. The van der Waals surface area contributed by atoms with Crippen molar-refractivity contribution in [1.82, 2.24) is 0 Å². The highest BCUT2D eigenvalue weighted by molar-refractivity contribution is 9.15. The molecule has 1 fully saturated rings. The van der Waals surface area contributed by atoms with E-state index >= 15 is 0 Å². The van der Waals surface area contributed by atoms with Crippen LogP contribution in [0.5, 0.6) is 0 Å². The Morgan fingerprint density at radius 3 is 2.62 bits per heavy atom. The minimum Gasteiger partial charge on any atom is -0.346 e. The van der Waals surface area contributed by atoms with Crippen molar-refractivity contribution >= 4 is 20.4 Å². The van der Waals surface area contributed by atoms with Crippen molar-refractivity contribution in [2.24, 2.45) is 0 Å². The highest BCUT2D eigenvalue weighted by atomic mass is 79.9. The summed E-state index contributed by atoms with van der Waals surface area (Å²) in [6.45, 7) is 1.41. The summed E-state index contributed by atoms with van der Waals surface area (Å²) >= 11 is 3.68. The van der Waals surface area contributed by atoms with Crippen LogP contribution in [-0.4, -0.2) is 19.5 Å². The van der Waals surface area contributed by atoms with E-state index in [4.69, 9.17) is 9.47 Å². The molecule has 1 aliphatic carbocycles. The zero-order valence-corrected chi connectivity index (χ0v) is 10.5. The Morgan fingerprint density at radius 1 is 1.06 bits per heavy atom. The average Bonchev–Trinajstić information content (AvgIpc) is 2.83. The molecule has 0 saturated carbocycles. The molecule has 2 nitrogen and oxygen atoms in total. The van der Waals surface area contributed by atoms with Crippen LogP contribution in [0.15, 0.2) is 29.8 Å². The van der Waals surface area contributed by atoms with Crippen molar-refractivity contribution < 1.29 is 9.47 Å². The van der Waals surface area contributed by atoms with Crippen molar-refractivity contribution in [3.63, 3.8) is 0 Å². The van der Waals surface area contributed by atoms with Crippen LogP contribution in [-0.2, 0) is 15.9 Å². The van der Waals surface area contributed by atoms with Gasteiger partial charge < -0.3 is 9.47 Å². The van der Waals surface area contributed by atoms with E-state index in [9.17, 15) is 0 Å². The van der Waals surface area contributed by atoms with Crippen molar-refractivity contribution in [2.45, 2.75) is 19.1 Å². The Morgan fingerprint density at radius 2 is 1.81 bits per heavy atom. The normalized spacial score (nSPS) is 21.3. The molecule has 3 rings (SSSR count). The number of hydrogen-bond acceptors (Lipinski definition) is 2. The summed E-state index contributed by atoms with van der Waals surface area (Å²) in [5.74, 6) is 0. The van der Waals surface area contributed by atoms with Crippen LogP contribution in [0, 0.1) is 0 Å². The molecule has 1 saturated heterocycles. The first-order valence-corrected chi connectivity index (χ1v) is 6.35. The zero-order chi connectivity index (χ0) is 11.0. The fourth-order valence-corrected chi connectivity index (χ4v) is 3.06. The number of rotatable bonds is 1. The number of ether oxygens (including phenoxy) is 2. The van der Waals surface area contributed by atoms with Gasteiger partial charge in [-0.2, -0.15) is 0 Å². The fraction of sp³-hybridized carbons (Fsp3) is 0.385. The molecular weight excluding hydrogens is 268 g/mol. The predicted molar refractivity (Wildman–Crippen MR) is 66.3 cm³/mol. The maximum atomic E-state index is 5.57. The van der Waals surface area contributed by atoms with Gasteiger partial charge in [0.25, 0.3) is 0 Å². The molecule has 0 bridgehead atoms. The SMILES string of the molecule is BrC1=C(C2OCCO2)CCc2ccccc21. The van der Waals surface area contributed by atoms with Gasteiger partial charge in [-0.25, -0.2) is 0 Å². The first-order valence-electron chi connectivity index (χ1n) is 5.56. The molecule has 1 aromatic rings. The molecule has 0 spiro atoms. The molecule has 1 heterocycles. The van der Waals surface area contributed by atoms with Crippen LogP contribution in [0.1, 0.15) is 17.5 Å². The minimum absolute atomic E-state index is 0.136. The molecule has 84 valence electrons. The molecular formula is C13H13BrO2. The third-order valence-corrected chi connectivity index (χ3v) is 4.04. The van der Waals surface area contributed by atoms with E-state index in [1.54, 1.807) is 0 Å². The molecule has 0 atom stereocenters. The topological polar surface area (TPSA) is 18.5 Å². The smallest absolute Gasteiger partial charge is 0.181 e. The third-order valence-electron chi connectivity index (χ3n) is 3.11. The average molecular weight is 281 g/mol. The Balaban J connectivity index is 2.01. The van der Waals surface area contributed by atoms with Crippen LogP contribution < -0.4 is 0 Å². The first kappa shape index (κ1) is 10.5. The highest BCUT2D eigenvalue weighted by Crippen LogP contribution is 2.38. The molecule has 0 aromatic heterocycles. The van der Waals surface area contributed by atoms with E-state index < -0.39 is 0 Å². The second-order valence-corrected chi connectivity index (χ2v) is 4.86. The Bertz CT molecular complexity index is 433. The van der Waals surface area contributed by atoms with Gasteiger partial charge in [-0.1, -0.05) is 40.2 Å². The summed E-state index contributed by atoms with van der Waals surface area (Å²) in [4.78, 5) is 0. The van der Waals surface area contributed by atoms with E-state index in [0.717, 1.165) is 17.3 Å². The summed E-state index contributed by atoms with van der Waals surface area (Å²) in [6.07, 6.45) is 1.95. The summed E-state index contributed by atoms with van der Waals surface area (Å²) < 4.78 is 12.3. The largest absolute Gasteiger partial charge is 0.346 e. The highest BCUT2D eigenvalue weighted by Gasteiger charge is 2.27. The number of fused-ring (bicyclic) bond motifs is 1. The van der Waals surface area contributed by atoms with Crippen molar-refractivity contribution in [3.05, 3.63) is 41.0 Å². The Labute approximate surface area is 103 Å². The van der Waals surface area contributed by atoms with Crippen LogP contribution >= 0.6 is 15.9 Å². The van der Waals surface area contributed by atoms with Gasteiger partial charge in [0.2, 0.25) is 0 Å². The minimum atomic E-state index is -0.136.